The van der Waals surface area contributed by atoms with Crippen LogP contribution in [0.15, 0.2) is 66.9 Å². The van der Waals surface area contributed by atoms with Crippen molar-refractivity contribution in [1.29, 1.82) is 0 Å². The van der Waals surface area contributed by atoms with Crippen LogP contribution >= 0.6 is 0 Å². The number of amides is 3. The maximum absolute atomic E-state index is 14.1. The minimum atomic E-state index is -1.65. The van der Waals surface area contributed by atoms with Gasteiger partial charge in [-0.3, -0.25) is 24.1 Å². The average Bonchev–Trinajstić information content (AvgIpc) is 2.98. The van der Waals surface area contributed by atoms with Crippen molar-refractivity contribution in [2.24, 2.45) is 11.8 Å². The van der Waals surface area contributed by atoms with Crippen molar-refractivity contribution >= 4 is 35.2 Å². The van der Waals surface area contributed by atoms with E-state index in [4.69, 9.17) is 0 Å². The molecule has 0 spiro atoms. The Balaban J connectivity index is 1.65. The predicted molar refractivity (Wildman–Crippen MR) is 153 cm³/mol. The number of nitrogens with zero attached hydrogens (tertiary/aromatic N) is 2. The standard InChI is InChI=1S/C32H37N3O6/c1-21(2)28-31(39)34(20-27(36)33-25(29(37)32(40)41)18-22-12-6-3-7-13-22)26(23-14-8-4-9-15-23)19-35(28)30(38)24-16-10-5-11-17-24/h3-4,6-9,12-15,19,21,24-25,28H,5,10-11,16-18,20H2,1-2H3,(H,33,36)(H,40,41)/t25-,28-/m0/s1. The molecule has 2 aromatic rings. The van der Waals surface area contributed by atoms with E-state index in [1.165, 1.54) is 4.90 Å². The van der Waals surface area contributed by atoms with Crippen LogP contribution < -0.4 is 5.32 Å². The topological polar surface area (TPSA) is 124 Å². The molecule has 9 heteroatoms. The Hall–Kier alpha value is -4.27. The molecule has 0 bridgehead atoms. The summed E-state index contributed by atoms with van der Waals surface area (Å²) in [5.74, 6) is -4.33. The lowest BCUT2D eigenvalue weighted by Crippen LogP contribution is -2.58. The zero-order chi connectivity index (χ0) is 29.5. The Kier molecular flexibility index (Phi) is 9.70. The maximum Gasteiger partial charge on any atom is 0.374 e. The highest BCUT2D eigenvalue weighted by Gasteiger charge is 2.43. The van der Waals surface area contributed by atoms with Crippen LogP contribution in [-0.2, 0) is 30.4 Å². The van der Waals surface area contributed by atoms with Gasteiger partial charge in [0.15, 0.2) is 0 Å². The van der Waals surface area contributed by atoms with Crippen LogP contribution in [0.25, 0.3) is 5.70 Å². The molecule has 216 valence electrons. The molecule has 4 rings (SSSR count). The fourth-order valence-corrected chi connectivity index (χ4v) is 5.64. The van der Waals surface area contributed by atoms with Crippen LogP contribution in [0.3, 0.4) is 0 Å². The number of aliphatic carboxylic acids is 1. The highest BCUT2D eigenvalue weighted by Crippen LogP contribution is 2.33. The molecule has 0 unspecified atom stereocenters. The van der Waals surface area contributed by atoms with E-state index in [1.807, 2.05) is 32.0 Å². The second kappa shape index (κ2) is 13.4. The van der Waals surface area contributed by atoms with Crippen molar-refractivity contribution in [3.8, 4) is 0 Å². The lowest BCUT2D eigenvalue weighted by molar-refractivity contribution is -0.150. The van der Waals surface area contributed by atoms with Crippen LogP contribution in [0.2, 0.25) is 0 Å². The molecule has 9 nitrogen and oxygen atoms in total. The molecule has 0 radical (unpaired) electrons. The Morgan fingerprint density at radius 1 is 0.927 bits per heavy atom. The number of rotatable bonds is 10. The first kappa shape index (κ1) is 29.7. The summed E-state index contributed by atoms with van der Waals surface area (Å²) in [6, 6.07) is 15.7. The summed E-state index contributed by atoms with van der Waals surface area (Å²) < 4.78 is 0. The molecule has 1 heterocycles. The van der Waals surface area contributed by atoms with Gasteiger partial charge in [-0.05, 0) is 29.9 Å². The Bertz CT molecular complexity index is 1300. The van der Waals surface area contributed by atoms with Crippen LogP contribution in [0.4, 0.5) is 0 Å². The number of hydrogen-bond donors (Lipinski definition) is 2. The monoisotopic (exact) mass is 559 g/mol. The van der Waals surface area contributed by atoms with E-state index < -0.39 is 42.2 Å². The maximum atomic E-state index is 14.1. The predicted octanol–water partition coefficient (Wildman–Crippen LogP) is 3.64. The highest BCUT2D eigenvalue weighted by molar-refractivity contribution is 6.35. The lowest BCUT2D eigenvalue weighted by atomic mass is 9.87. The molecular weight excluding hydrogens is 522 g/mol. The Morgan fingerprint density at radius 2 is 1.54 bits per heavy atom. The van der Waals surface area contributed by atoms with Gasteiger partial charge in [0.25, 0.3) is 11.7 Å². The second-order valence-corrected chi connectivity index (χ2v) is 11.1. The Labute approximate surface area is 240 Å². The summed E-state index contributed by atoms with van der Waals surface area (Å²) in [7, 11) is 0. The van der Waals surface area contributed by atoms with Gasteiger partial charge in [-0.2, -0.15) is 0 Å². The number of carboxylic acids is 1. The zero-order valence-electron chi connectivity index (χ0n) is 23.5. The van der Waals surface area contributed by atoms with Crippen molar-refractivity contribution in [1.82, 2.24) is 15.1 Å². The zero-order valence-corrected chi connectivity index (χ0v) is 23.5. The average molecular weight is 560 g/mol. The normalized spacial score (nSPS) is 18.6. The van der Waals surface area contributed by atoms with Gasteiger partial charge in [-0.15, -0.1) is 0 Å². The van der Waals surface area contributed by atoms with Gasteiger partial charge in [-0.25, -0.2) is 4.79 Å². The number of ketones is 1. The van der Waals surface area contributed by atoms with E-state index in [2.05, 4.69) is 5.32 Å². The molecular formula is C32H37N3O6. The van der Waals surface area contributed by atoms with Crippen molar-refractivity contribution < 1.29 is 29.1 Å². The number of carbonyl (C=O) groups excluding carboxylic acids is 4. The minimum absolute atomic E-state index is 0.00860. The third-order valence-corrected chi connectivity index (χ3v) is 7.73. The summed E-state index contributed by atoms with van der Waals surface area (Å²) >= 11 is 0. The molecule has 2 atom stereocenters. The van der Waals surface area contributed by atoms with Crippen LogP contribution in [0.5, 0.6) is 0 Å². The Morgan fingerprint density at radius 3 is 2.12 bits per heavy atom. The summed E-state index contributed by atoms with van der Waals surface area (Å²) in [6.07, 6.45) is 6.29. The first-order chi connectivity index (χ1) is 19.7. The number of benzene rings is 2. The molecule has 2 N–H and O–H groups in total. The summed E-state index contributed by atoms with van der Waals surface area (Å²) in [5, 5.41) is 11.9. The summed E-state index contributed by atoms with van der Waals surface area (Å²) in [4.78, 5) is 68.0. The molecule has 2 aromatic carbocycles. The smallest absolute Gasteiger partial charge is 0.374 e. The first-order valence-corrected chi connectivity index (χ1v) is 14.2. The first-order valence-electron chi connectivity index (χ1n) is 14.2. The van der Waals surface area contributed by atoms with Gasteiger partial charge in [0.1, 0.15) is 18.6 Å². The van der Waals surface area contributed by atoms with Gasteiger partial charge < -0.3 is 15.3 Å². The van der Waals surface area contributed by atoms with Gasteiger partial charge in [-0.1, -0.05) is 93.8 Å². The molecule has 2 aliphatic rings. The third kappa shape index (κ3) is 7.09. The molecule has 1 aliphatic carbocycles. The van der Waals surface area contributed by atoms with Gasteiger partial charge in [0, 0.05) is 18.5 Å². The van der Waals surface area contributed by atoms with E-state index in [9.17, 15) is 29.1 Å². The number of carboxylic acid groups (broad SMARTS) is 1. The van der Waals surface area contributed by atoms with Crippen molar-refractivity contribution in [3.05, 3.63) is 78.0 Å². The van der Waals surface area contributed by atoms with Crippen molar-refractivity contribution in [3.63, 3.8) is 0 Å². The number of Topliss-reactive ketones (excluding diaryl/α,β-unsaturated/α-hetero) is 1. The SMILES string of the molecule is CC(C)[C@H]1C(=O)N(CC(=O)N[C@@H](Cc2ccccc2)C(=O)C(=O)O)C(c2ccccc2)=CN1C(=O)C1CCCCC1. The highest BCUT2D eigenvalue weighted by atomic mass is 16.4. The van der Waals surface area contributed by atoms with E-state index >= 15 is 0 Å². The largest absolute Gasteiger partial charge is 0.475 e. The van der Waals surface area contributed by atoms with Crippen molar-refractivity contribution in [2.45, 2.75) is 64.5 Å². The molecule has 41 heavy (non-hydrogen) atoms. The van der Waals surface area contributed by atoms with Gasteiger partial charge >= 0.3 is 5.97 Å². The third-order valence-electron chi connectivity index (χ3n) is 7.73. The van der Waals surface area contributed by atoms with E-state index in [0.717, 1.165) is 32.1 Å². The van der Waals surface area contributed by atoms with Crippen LogP contribution in [-0.4, -0.2) is 63.0 Å². The molecule has 0 aromatic heterocycles. The fourth-order valence-electron chi connectivity index (χ4n) is 5.64. The second-order valence-electron chi connectivity index (χ2n) is 11.1. The molecule has 1 aliphatic heterocycles. The molecule has 1 saturated carbocycles. The number of nitrogens with one attached hydrogen (secondary N) is 1. The molecule has 3 amide bonds. The van der Waals surface area contributed by atoms with Crippen molar-refractivity contribution in [2.75, 3.05) is 6.54 Å². The number of carbonyl (C=O) groups is 5. The lowest BCUT2D eigenvalue weighted by Gasteiger charge is -2.42. The van der Waals surface area contributed by atoms with Crippen LogP contribution in [0.1, 0.15) is 57.1 Å². The number of hydrogen-bond acceptors (Lipinski definition) is 5. The quantitative estimate of drug-likeness (QED) is 0.429. The van der Waals surface area contributed by atoms with E-state index in [1.54, 1.807) is 53.6 Å². The van der Waals surface area contributed by atoms with E-state index in [0.29, 0.717) is 16.8 Å². The molecule has 0 saturated heterocycles. The molecule has 1 fully saturated rings. The minimum Gasteiger partial charge on any atom is -0.475 e. The van der Waals surface area contributed by atoms with Crippen LogP contribution in [0, 0.1) is 11.8 Å². The van der Waals surface area contributed by atoms with Gasteiger partial charge in [0.05, 0.1) is 5.70 Å². The summed E-state index contributed by atoms with van der Waals surface area (Å²) in [5.41, 5.74) is 1.73. The van der Waals surface area contributed by atoms with Gasteiger partial charge in [0.2, 0.25) is 11.8 Å². The fraction of sp³-hybridized carbons (Fsp3) is 0.406. The summed E-state index contributed by atoms with van der Waals surface area (Å²) in [6.45, 7) is 3.29. The van der Waals surface area contributed by atoms with E-state index in [-0.39, 0.29) is 24.2 Å².